The molecule has 0 heterocycles. The van der Waals surface area contributed by atoms with Gasteiger partial charge in [0.25, 0.3) is 0 Å². The first-order chi connectivity index (χ1) is 29.7. The van der Waals surface area contributed by atoms with E-state index in [4.69, 9.17) is 9.47 Å². The maximum absolute atomic E-state index is 6.85. The Morgan fingerprint density at radius 3 is 1.07 bits per heavy atom. The number of rotatable bonds is 12. The fourth-order valence-electron chi connectivity index (χ4n) is 8.59. The molecule has 0 aromatic heterocycles. The van der Waals surface area contributed by atoms with Gasteiger partial charge in [0, 0.05) is 43.8 Å². The molecule has 0 aliphatic carbocycles. The van der Waals surface area contributed by atoms with Crippen LogP contribution in [0.3, 0.4) is 0 Å². The van der Waals surface area contributed by atoms with Gasteiger partial charge < -0.3 is 9.47 Å². The molecular formula is C58H50O2. The molecule has 0 bridgehead atoms. The number of hydrogen-bond acceptors (Lipinski definition) is 2. The van der Waals surface area contributed by atoms with E-state index in [1.807, 2.05) is 0 Å². The lowest BCUT2D eigenvalue weighted by atomic mass is 9.95. The summed E-state index contributed by atoms with van der Waals surface area (Å²) in [5, 5.41) is 13.6. The summed E-state index contributed by atoms with van der Waals surface area (Å²) in [4.78, 5) is 0. The maximum atomic E-state index is 6.85. The van der Waals surface area contributed by atoms with Gasteiger partial charge in [0.15, 0.2) is 0 Å². The third-order valence-corrected chi connectivity index (χ3v) is 11.7. The molecule has 0 spiro atoms. The first-order valence-corrected chi connectivity index (χ1v) is 21.8. The minimum Gasteiger partial charge on any atom is -0.492 e. The Bertz CT molecular complexity index is 2830. The quantitative estimate of drug-likeness (QED) is 0.0699. The Morgan fingerprint density at radius 1 is 0.333 bits per heavy atom. The van der Waals surface area contributed by atoms with E-state index in [1.54, 1.807) is 0 Å². The van der Waals surface area contributed by atoms with Crippen LogP contribution in [0.5, 0.6) is 11.5 Å². The second-order valence-electron chi connectivity index (χ2n) is 15.9. The minimum absolute atomic E-state index is 0.648. The molecule has 0 amide bonds. The van der Waals surface area contributed by atoms with Gasteiger partial charge in [-0.25, -0.2) is 0 Å². The summed E-state index contributed by atoms with van der Waals surface area (Å²) >= 11 is 0. The van der Waals surface area contributed by atoms with Crippen molar-refractivity contribution in [1.82, 2.24) is 0 Å². The van der Waals surface area contributed by atoms with Crippen LogP contribution >= 0.6 is 0 Å². The van der Waals surface area contributed by atoms with Crippen molar-refractivity contribution in [1.29, 1.82) is 0 Å². The lowest BCUT2D eigenvalue weighted by Crippen LogP contribution is -2.03. The fourth-order valence-corrected chi connectivity index (χ4v) is 8.59. The van der Waals surface area contributed by atoms with E-state index in [9.17, 15) is 0 Å². The molecule has 0 saturated carbocycles. The van der Waals surface area contributed by atoms with Crippen LogP contribution in [0.2, 0.25) is 0 Å². The summed E-state index contributed by atoms with van der Waals surface area (Å²) < 4.78 is 13.7. The summed E-state index contributed by atoms with van der Waals surface area (Å²) in [5.41, 5.74) is 3.98. The highest BCUT2D eigenvalue weighted by Crippen LogP contribution is 2.44. The highest BCUT2D eigenvalue weighted by atomic mass is 16.5. The predicted octanol–water partition coefficient (Wildman–Crippen LogP) is 15.3. The Balaban J connectivity index is 1.20. The Labute approximate surface area is 354 Å². The van der Waals surface area contributed by atoms with Crippen molar-refractivity contribution >= 4 is 64.6 Å². The van der Waals surface area contributed by atoms with Gasteiger partial charge in [0.05, 0.1) is 13.2 Å². The van der Waals surface area contributed by atoms with E-state index in [1.165, 1.54) is 47.2 Å². The predicted molar refractivity (Wildman–Crippen MR) is 256 cm³/mol. The zero-order chi connectivity index (χ0) is 40.7. The molecule has 9 aromatic rings. The molecule has 60 heavy (non-hydrogen) atoms. The number of benzene rings is 9. The number of ether oxygens (including phenoxy) is 2. The molecule has 0 saturated heterocycles. The van der Waals surface area contributed by atoms with Crippen molar-refractivity contribution in [3.05, 3.63) is 168 Å². The van der Waals surface area contributed by atoms with Crippen molar-refractivity contribution < 1.29 is 9.47 Å². The molecule has 9 rings (SSSR count). The van der Waals surface area contributed by atoms with Crippen molar-refractivity contribution in [2.24, 2.45) is 0 Å². The van der Waals surface area contributed by atoms with E-state index in [-0.39, 0.29) is 0 Å². The highest BCUT2D eigenvalue weighted by Gasteiger charge is 2.18. The van der Waals surface area contributed by atoms with E-state index in [2.05, 4.69) is 183 Å². The summed E-state index contributed by atoms with van der Waals surface area (Å²) in [7, 11) is 0. The average Bonchev–Trinajstić information content (AvgIpc) is 3.29. The minimum atomic E-state index is 0.648. The number of unbranched alkanes of at least 4 members (excludes halogenated alkanes) is 6. The summed E-state index contributed by atoms with van der Waals surface area (Å²) in [6.45, 7) is 5.79. The van der Waals surface area contributed by atoms with Gasteiger partial charge in [0.1, 0.15) is 11.5 Å². The van der Waals surface area contributed by atoms with Crippen LogP contribution in [0, 0.1) is 23.7 Å². The van der Waals surface area contributed by atoms with E-state index in [0.717, 1.165) is 103 Å². The Morgan fingerprint density at radius 2 is 0.700 bits per heavy atom. The Hall–Kier alpha value is -6.74. The van der Waals surface area contributed by atoms with Crippen molar-refractivity contribution in [2.45, 2.75) is 65.2 Å². The van der Waals surface area contributed by atoms with Crippen molar-refractivity contribution in [3.63, 3.8) is 0 Å². The van der Waals surface area contributed by atoms with Gasteiger partial charge in [-0.05, 0) is 104 Å². The first kappa shape index (κ1) is 38.8. The lowest BCUT2D eigenvalue weighted by molar-refractivity contribution is 0.307. The van der Waals surface area contributed by atoms with Crippen molar-refractivity contribution in [3.8, 4) is 35.2 Å². The molecule has 294 valence electrons. The topological polar surface area (TPSA) is 18.5 Å². The highest BCUT2D eigenvalue weighted by molar-refractivity contribution is 6.12. The third-order valence-electron chi connectivity index (χ3n) is 11.7. The molecule has 0 atom stereocenters. The molecule has 2 nitrogen and oxygen atoms in total. The average molecular weight is 779 g/mol. The van der Waals surface area contributed by atoms with Crippen LogP contribution in [-0.4, -0.2) is 13.2 Å². The van der Waals surface area contributed by atoms with Crippen LogP contribution in [0.4, 0.5) is 0 Å². The third kappa shape index (κ3) is 8.00. The largest absolute Gasteiger partial charge is 0.492 e. The zero-order valence-electron chi connectivity index (χ0n) is 34.7. The second kappa shape index (κ2) is 18.0. The second-order valence-corrected chi connectivity index (χ2v) is 15.9. The first-order valence-electron chi connectivity index (χ1n) is 21.8. The van der Waals surface area contributed by atoms with Crippen LogP contribution in [-0.2, 0) is 0 Å². The zero-order valence-corrected chi connectivity index (χ0v) is 34.7. The van der Waals surface area contributed by atoms with Gasteiger partial charge in [0.2, 0.25) is 0 Å². The summed E-state index contributed by atoms with van der Waals surface area (Å²) in [6, 6.07) is 51.7. The van der Waals surface area contributed by atoms with Crippen LogP contribution in [0.15, 0.2) is 146 Å². The summed E-state index contributed by atoms with van der Waals surface area (Å²) in [6.07, 6.45) is 9.06. The standard InChI is InChI=1S/C58H50O2/c1-3-5-7-17-35-59-57-53-33-29-42(28-32-52-49-25-15-11-21-45(49)40-46-22-12-16-26-50(46)52)38-56(53)58(60-36-18-8-6-4-2)54-34-30-41(37-55(54)57)27-31-51-47-23-13-9-19-43(47)39-44-20-10-14-24-48(44)51/h9-16,19-26,29-30,33-34,37-40H,3-8,17-18,35-36H2,1-2H3. The molecule has 0 aliphatic rings. The molecule has 0 N–H and O–H groups in total. The van der Waals surface area contributed by atoms with Gasteiger partial charge >= 0.3 is 0 Å². The Kier molecular flexibility index (Phi) is 11.7. The molecule has 0 aliphatic heterocycles. The monoisotopic (exact) mass is 778 g/mol. The van der Waals surface area contributed by atoms with Gasteiger partial charge in [-0.15, -0.1) is 0 Å². The molecular weight excluding hydrogens is 729 g/mol. The SMILES string of the molecule is CCCCCCOc1c2ccc(C#Cc3c4ccccc4cc4ccccc34)cc2c(OCCCCCC)c2ccc(C#Cc3c4ccccc4cc4ccccc34)cc12. The molecule has 0 fully saturated rings. The molecule has 9 aromatic carbocycles. The van der Waals surface area contributed by atoms with E-state index >= 15 is 0 Å². The maximum Gasteiger partial charge on any atom is 0.135 e. The fraction of sp³-hybridized carbons (Fsp3) is 0.207. The molecule has 0 radical (unpaired) electrons. The van der Waals surface area contributed by atoms with Gasteiger partial charge in [-0.1, -0.05) is 173 Å². The number of hydrogen-bond donors (Lipinski definition) is 0. The van der Waals surface area contributed by atoms with E-state index < -0.39 is 0 Å². The van der Waals surface area contributed by atoms with Crippen molar-refractivity contribution in [2.75, 3.05) is 13.2 Å². The van der Waals surface area contributed by atoms with E-state index in [0.29, 0.717) is 13.2 Å². The number of fused-ring (bicyclic) bond motifs is 6. The smallest absolute Gasteiger partial charge is 0.135 e. The van der Waals surface area contributed by atoms with Gasteiger partial charge in [-0.3, -0.25) is 0 Å². The molecule has 0 unspecified atom stereocenters. The normalized spacial score (nSPS) is 11.2. The molecule has 2 heteroatoms. The van der Waals surface area contributed by atoms with Crippen LogP contribution < -0.4 is 9.47 Å². The summed E-state index contributed by atoms with van der Waals surface area (Å²) in [5.74, 6) is 16.2. The van der Waals surface area contributed by atoms with Crippen LogP contribution in [0.25, 0.3) is 64.6 Å². The van der Waals surface area contributed by atoms with Gasteiger partial charge in [-0.2, -0.15) is 0 Å². The lowest BCUT2D eigenvalue weighted by Gasteiger charge is -2.19. The van der Waals surface area contributed by atoms with Crippen LogP contribution in [0.1, 0.15) is 87.5 Å².